The van der Waals surface area contributed by atoms with Gasteiger partial charge in [-0.1, -0.05) is 0 Å². The van der Waals surface area contributed by atoms with Gasteiger partial charge in [0.1, 0.15) is 5.82 Å². The van der Waals surface area contributed by atoms with Crippen LogP contribution in [-0.2, 0) is 0 Å². The van der Waals surface area contributed by atoms with E-state index in [0.29, 0.717) is 11.4 Å². The molecular weight excluding hydrogens is 229 g/mol. The molecule has 0 aromatic heterocycles. The minimum absolute atomic E-state index is 0.244. The molecule has 0 saturated heterocycles. The van der Waals surface area contributed by atoms with Gasteiger partial charge in [0.05, 0.1) is 11.4 Å². The summed E-state index contributed by atoms with van der Waals surface area (Å²) >= 11 is 0. The molecule has 0 aliphatic heterocycles. The van der Waals surface area contributed by atoms with Crippen LogP contribution in [-0.4, -0.2) is 6.54 Å². The van der Waals surface area contributed by atoms with Gasteiger partial charge in [0.2, 0.25) is 0 Å². The molecule has 0 fully saturated rings. The van der Waals surface area contributed by atoms with E-state index in [2.05, 4.69) is 0 Å². The number of hydrogen-bond acceptors (Lipinski definition) is 3. The van der Waals surface area contributed by atoms with Gasteiger partial charge in [0.25, 0.3) is 0 Å². The highest BCUT2D eigenvalue weighted by Crippen LogP contribution is 2.29. The molecule has 0 amide bonds. The van der Waals surface area contributed by atoms with E-state index >= 15 is 0 Å². The largest absolute Gasteiger partial charge is 0.397 e. The second-order valence-electron chi connectivity index (χ2n) is 4.03. The molecule has 4 N–H and O–H groups in total. The standard InChI is InChI=1S/C14H16FN3/c1-2-18(11-5-3-10(15)4-6-11)12-7-8-13(16)14(17)9-12/h3-9H,2,16-17H2,1H3. The van der Waals surface area contributed by atoms with E-state index in [1.54, 1.807) is 18.2 Å². The van der Waals surface area contributed by atoms with Crippen molar-refractivity contribution in [3.05, 3.63) is 48.3 Å². The van der Waals surface area contributed by atoms with Crippen LogP contribution < -0.4 is 16.4 Å². The number of benzene rings is 2. The molecule has 2 aromatic rings. The molecule has 0 heterocycles. The molecule has 0 radical (unpaired) electrons. The molecule has 18 heavy (non-hydrogen) atoms. The van der Waals surface area contributed by atoms with E-state index in [1.807, 2.05) is 24.0 Å². The van der Waals surface area contributed by atoms with Crippen LogP contribution in [0.2, 0.25) is 0 Å². The Hall–Kier alpha value is -2.23. The molecule has 2 aromatic carbocycles. The smallest absolute Gasteiger partial charge is 0.123 e. The quantitative estimate of drug-likeness (QED) is 0.817. The third-order valence-electron chi connectivity index (χ3n) is 2.84. The number of rotatable bonds is 3. The summed E-state index contributed by atoms with van der Waals surface area (Å²) in [5, 5.41) is 0. The number of nitrogens with two attached hydrogens (primary N) is 2. The van der Waals surface area contributed by atoms with Crippen molar-refractivity contribution < 1.29 is 4.39 Å². The van der Waals surface area contributed by atoms with Crippen molar-refractivity contribution >= 4 is 22.7 Å². The summed E-state index contributed by atoms with van der Waals surface area (Å²) in [5.74, 6) is -0.244. The number of halogens is 1. The Bertz CT molecular complexity index is 537. The van der Waals surface area contributed by atoms with Crippen molar-refractivity contribution in [3.8, 4) is 0 Å². The first-order valence-corrected chi connectivity index (χ1v) is 5.80. The van der Waals surface area contributed by atoms with E-state index in [1.165, 1.54) is 12.1 Å². The number of anilines is 4. The zero-order valence-corrected chi connectivity index (χ0v) is 10.2. The third kappa shape index (κ3) is 2.37. The first-order valence-electron chi connectivity index (χ1n) is 5.80. The highest BCUT2D eigenvalue weighted by atomic mass is 19.1. The Morgan fingerprint density at radius 2 is 1.56 bits per heavy atom. The van der Waals surface area contributed by atoms with Gasteiger partial charge in [-0.3, -0.25) is 0 Å². The van der Waals surface area contributed by atoms with Crippen LogP contribution in [0.15, 0.2) is 42.5 Å². The fourth-order valence-electron chi connectivity index (χ4n) is 1.87. The Morgan fingerprint density at radius 3 is 2.11 bits per heavy atom. The normalized spacial score (nSPS) is 10.3. The molecular formula is C14H16FN3. The van der Waals surface area contributed by atoms with Crippen molar-refractivity contribution in [1.29, 1.82) is 0 Å². The fraction of sp³-hybridized carbons (Fsp3) is 0.143. The Kier molecular flexibility index (Phi) is 3.37. The van der Waals surface area contributed by atoms with Gasteiger partial charge >= 0.3 is 0 Å². The molecule has 0 spiro atoms. The first-order chi connectivity index (χ1) is 8.61. The van der Waals surface area contributed by atoms with Crippen molar-refractivity contribution in [2.24, 2.45) is 0 Å². The van der Waals surface area contributed by atoms with Crippen LogP contribution in [0.3, 0.4) is 0 Å². The van der Waals surface area contributed by atoms with Crippen LogP contribution in [0.25, 0.3) is 0 Å². The van der Waals surface area contributed by atoms with Gasteiger partial charge in [-0.2, -0.15) is 0 Å². The van der Waals surface area contributed by atoms with E-state index in [4.69, 9.17) is 11.5 Å². The average Bonchev–Trinajstić information content (AvgIpc) is 2.37. The summed E-state index contributed by atoms with van der Waals surface area (Å²) in [4.78, 5) is 2.04. The van der Waals surface area contributed by atoms with Crippen molar-refractivity contribution in [2.45, 2.75) is 6.92 Å². The second kappa shape index (κ2) is 4.96. The van der Waals surface area contributed by atoms with Gasteiger partial charge in [-0.05, 0) is 49.4 Å². The lowest BCUT2D eigenvalue weighted by Gasteiger charge is -2.23. The zero-order valence-electron chi connectivity index (χ0n) is 10.2. The summed E-state index contributed by atoms with van der Waals surface area (Å²) in [6.45, 7) is 2.78. The molecule has 94 valence electrons. The lowest BCUT2D eigenvalue weighted by molar-refractivity contribution is 0.628. The molecule has 0 aliphatic carbocycles. The molecule has 0 atom stereocenters. The SMILES string of the molecule is CCN(c1ccc(F)cc1)c1ccc(N)c(N)c1. The van der Waals surface area contributed by atoms with E-state index in [-0.39, 0.29) is 5.82 Å². The Balaban J connectivity index is 2.38. The monoisotopic (exact) mass is 245 g/mol. The van der Waals surface area contributed by atoms with E-state index < -0.39 is 0 Å². The lowest BCUT2D eigenvalue weighted by atomic mass is 10.2. The van der Waals surface area contributed by atoms with Gasteiger partial charge in [0.15, 0.2) is 0 Å². The molecule has 0 aliphatic rings. The molecule has 3 nitrogen and oxygen atoms in total. The Morgan fingerprint density at radius 1 is 0.944 bits per heavy atom. The summed E-state index contributed by atoms with van der Waals surface area (Å²) in [7, 11) is 0. The predicted molar refractivity (Wildman–Crippen MR) is 74.3 cm³/mol. The van der Waals surface area contributed by atoms with Crippen LogP contribution in [0.5, 0.6) is 0 Å². The summed E-state index contributed by atoms with van der Waals surface area (Å²) in [5.41, 5.74) is 14.5. The number of nitrogens with zero attached hydrogens (tertiary/aromatic N) is 1. The number of nitrogen functional groups attached to an aromatic ring is 2. The van der Waals surface area contributed by atoms with Crippen LogP contribution in [0, 0.1) is 5.82 Å². The minimum Gasteiger partial charge on any atom is -0.397 e. The maximum atomic E-state index is 12.9. The predicted octanol–water partition coefficient (Wildman–Crippen LogP) is 3.15. The summed E-state index contributed by atoms with van der Waals surface area (Å²) in [6, 6.07) is 11.9. The van der Waals surface area contributed by atoms with E-state index in [9.17, 15) is 4.39 Å². The average molecular weight is 245 g/mol. The van der Waals surface area contributed by atoms with Crippen LogP contribution in [0.4, 0.5) is 27.1 Å². The van der Waals surface area contributed by atoms with Crippen LogP contribution in [0.1, 0.15) is 6.92 Å². The molecule has 0 saturated carbocycles. The summed E-state index contributed by atoms with van der Waals surface area (Å²) in [6.07, 6.45) is 0. The molecule has 4 heteroatoms. The maximum absolute atomic E-state index is 12.9. The molecule has 0 unspecified atom stereocenters. The van der Waals surface area contributed by atoms with Gasteiger partial charge < -0.3 is 16.4 Å². The summed E-state index contributed by atoms with van der Waals surface area (Å²) < 4.78 is 12.9. The highest BCUT2D eigenvalue weighted by molar-refractivity contribution is 5.73. The maximum Gasteiger partial charge on any atom is 0.123 e. The van der Waals surface area contributed by atoms with Crippen LogP contribution >= 0.6 is 0 Å². The van der Waals surface area contributed by atoms with Crippen molar-refractivity contribution in [2.75, 3.05) is 22.9 Å². The fourth-order valence-corrected chi connectivity index (χ4v) is 1.87. The lowest BCUT2D eigenvalue weighted by Crippen LogP contribution is -2.16. The van der Waals surface area contributed by atoms with Gasteiger partial charge in [0, 0.05) is 17.9 Å². The van der Waals surface area contributed by atoms with Crippen molar-refractivity contribution in [3.63, 3.8) is 0 Å². The second-order valence-corrected chi connectivity index (χ2v) is 4.03. The topological polar surface area (TPSA) is 55.3 Å². The zero-order chi connectivity index (χ0) is 13.1. The first kappa shape index (κ1) is 12.2. The number of hydrogen-bond donors (Lipinski definition) is 2. The van der Waals surface area contributed by atoms with Crippen molar-refractivity contribution in [1.82, 2.24) is 0 Å². The van der Waals surface area contributed by atoms with E-state index in [0.717, 1.165) is 17.9 Å². The highest BCUT2D eigenvalue weighted by Gasteiger charge is 2.08. The van der Waals surface area contributed by atoms with Gasteiger partial charge in [-0.25, -0.2) is 4.39 Å². The molecule has 2 rings (SSSR count). The van der Waals surface area contributed by atoms with Gasteiger partial charge in [-0.15, -0.1) is 0 Å². The Labute approximate surface area is 106 Å². The minimum atomic E-state index is -0.244. The molecule has 0 bridgehead atoms. The third-order valence-corrected chi connectivity index (χ3v) is 2.84.